The summed E-state index contributed by atoms with van der Waals surface area (Å²) < 4.78 is 0. The molecule has 0 aliphatic heterocycles. The first kappa shape index (κ1) is 12.2. The zero-order valence-corrected chi connectivity index (χ0v) is 9.28. The van der Waals surface area contributed by atoms with Crippen molar-refractivity contribution in [1.29, 1.82) is 0 Å². The van der Waals surface area contributed by atoms with Gasteiger partial charge in [0.25, 0.3) is 5.91 Å². The summed E-state index contributed by atoms with van der Waals surface area (Å²) in [6, 6.07) is -0.846. The van der Waals surface area contributed by atoms with Crippen molar-refractivity contribution in [3.63, 3.8) is 0 Å². The summed E-state index contributed by atoms with van der Waals surface area (Å²) in [5.41, 5.74) is 0.278. The lowest BCUT2D eigenvalue weighted by molar-refractivity contribution is -0.139. The van der Waals surface area contributed by atoms with Gasteiger partial charge in [-0.15, -0.1) is 0 Å². The molecule has 0 aliphatic rings. The van der Waals surface area contributed by atoms with Crippen molar-refractivity contribution in [1.82, 2.24) is 15.3 Å². The van der Waals surface area contributed by atoms with Crippen molar-refractivity contribution in [2.45, 2.75) is 32.7 Å². The Morgan fingerprint density at radius 2 is 2.31 bits per heavy atom. The molecule has 6 heteroatoms. The summed E-state index contributed by atoms with van der Waals surface area (Å²) >= 11 is 0. The fraction of sp³-hybridized carbons (Fsp3) is 0.500. The van der Waals surface area contributed by atoms with E-state index in [4.69, 9.17) is 5.11 Å². The number of imidazole rings is 1. The Kier molecular flexibility index (Phi) is 4.04. The normalized spacial score (nSPS) is 12.1. The monoisotopic (exact) mass is 225 g/mol. The molecule has 1 unspecified atom stereocenters. The molecule has 0 spiro atoms. The highest BCUT2D eigenvalue weighted by molar-refractivity contribution is 5.94. The summed E-state index contributed by atoms with van der Waals surface area (Å²) in [6.07, 6.45) is 2.49. The lowest BCUT2D eigenvalue weighted by atomic mass is 10.1. The second kappa shape index (κ2) is 5.29. The molecule has 6 nitrogen and oxygen atoms in total. The molecule has 0 saturated carbocycles. The number of carboxylic acid groups (broad SMARTS) is 1. The number of nitrogens with zero attached hydrogens (tertiary/aromatic N) is 1. The van der Waals surface area contributed by atoms with Crippen LogP contribution in [0.2, 0.25) is 0 Å². The van der Waals surface area contributed by atoms with Gasteiger partial charge in [0, 0.05) is 0 Å². The van der Waals surface area contributed by atoms with Crippen LogP contribution in [0.25, 0.3) is 0 Å². The fourth-order valence-corrected chi connectivity index (χ4v) is 1.32. The second-order valence-corrected chi connectivity index (χ2v) is 3.54. The van der Waals surface area contributed by atoms with Gasteiger partial charge in [-0.25, -0.2) is 9.78 Å². The van der Waals surface area contributed by atoms with E-state index in [0.717, 1.165) is 0 Å². The Morgan fingerprint density at radius 3 is 2.75 bits per heavy atom. The van der Waals surface area contributed by atoms with E-state index < -0.39 is 17.9 Å². The van der Waals surface area contributed by atoms with Gasteiger partial charge in [-0.1, -0.05) is 13.3 Å². The predicted octanol–water partition coefficient (Wildman–Crippen LogP) is 0.701. The van der Waals surface area contributed by atoms with Gasteiger partial charge in [0.2, 0.25) is 0 Å². The number of carbonyl (C=O) groups excluding carboxylic acids is 1. The minimum atomic E-state index is -1.02. The zero-order valence-electron chi connectivity index (χ0n) is 9.28. The van der Waals surface area contributed by atoms with E-state index in [-0.39, 0.29) is 5.69 Å². The van der Waals surface area contributed by atoms with Crippen LogP contribution in [0.4, 0.5) is 0 Å². The number of aromatic amines is 1. The van der Waals surface area contributed by atoms with Crippen LogP contribution in [0.3, 0.4) is 0 Å². The van der Waals surface area contributed by atoms with Crippen molar-refractivity contribution in [2.24, 2.45) is 0 Å². The third kappa shape index (κ3) is 3.08. The van der Waals surface area contributed by atoms with Crippen LogP contribution in [0, 0.1) is 6.92 Å². The first-order valence-electron chi connectivity index (χ1n) is 5.10. The number of carbonyl (C=O) groups is 2. The highest BCUT2D eigenvalue weighted by atomic mass is 16.4. The highest BCUT2D eigenvalue weighted by Crippen LogP contribution is 2.00. The maximum absolute atomic E-state index is 11.6. The second-order valence-electron chi connectivity index (χ2n) is 3.54. The van der Waals surface area contributed by atoms with Crippen molar-refractivity contribution >= 4 is 11.9 Å². The maximum atomic E-state index is 11.6. The number of aromatic nitrogens is 2. The van der Waals surface area contributed by atoms with Crippen LogP contribution >= 0.6 is 0 Å². The summed E-state index contributed by atoms with van der Waals surface area (Å²) in [5, 5.41) is 11.3. The molecule has 1 amide bonds. The number of nitrogens with one attached hydrogen (secondary N) is 2. The van der Waals surface area contributed by atoms with Crippen molar-refractivity contribution in [3.05, 3.63) is 17.7 Å². The van der Waals surface area contributed by atoms with Crippen LogP contribution in [0.5, 0.6) is 0 Å². The Labute approximate surface area is 93.1 Å². The predicted molar refractivity (Wildman–Crippen MR) is 57.1 cm³/mol. The van der Waals surface area contributed by atoms with Gasteiger partial charge >= 0.3 is 5.97 Å². The van der Waals surface area contributed by atoms with Gasteiger partial charge < -0.3 is 15.4 Å². The van der Waals surface area contributed by atoms with Crippen LogP contribution in [-0.4, -0.2) is 33.0 Å². The average Bonchev–Trinajstić information content (AvgIpc) is 2.64. The van der Waals surface area contributed by atoms with Crippen molar-refractivity contribution in [3.8, 4) is 0 Å². The molecule has 1 aromatic rings. The number of H-pyrrole nitrogens is 1. The molecule has 16 heavy (non-hydrogen) atoms. The van der Waals surface area contributed by atoms with Crippen molar-refractivity contribution < 1.29 is 14.7 Å². The molecule has 0 saturated heterocycles. The topological polar surface area (TPSA) is 95.1 Å². The van der Waals surface area contributed by atoms with E-state index in [9.17, 15) is 9.59 Å². The standard InChI is InChI=1S/C10H15N3O3/c1-3-4-7(10(15)16)13-9(14)8-5-11-6(2)12-8/h5,7H,3-4H2,1-2H3,(H,11,12)(H,13,14)(H,15,16). The maximum Gasteiger partial charge on any atom is 0.326 e. The van der Waals surface area contributed by atoms with Crippen LogP contribution in [0.1, 0.15) is 36.1 Å². The van der Waals surface area contributed by atoms with E-state index in [1.165, 1.54) is 6.20 Å². The van der Waals surface area contributed by atoms with Crippen LogP contribution in [-0.2, 0) is 4.79 Å². The molecular weight excluding hydrogens is 210 g/mol. The Balaban J connectivity index is 2.65. The van der Waals surface area contributed by atoms with Gasteiger partial charge in [-0.3, -0.25) is 4.79 Å². The Bertz CT molecular complexity index is 386. The minimum absolute atomic E-state index is 0.278. The third-order valence-corrected chi connectivity index (χ3v) is 2.13. The molecular formula is C10H15N3O3. The van der Waals surface area contributed by atoms with Gasteiger partial charge in [-0.05, 0) is 13.3 Å². The number of hydrogen-bond donors (Lipinski definition) is 3. The molecule has 0 aromatic carbocycles. The summed E-state index contributed by atoms with van der Waals surface area (Å²) in [6.45, 7) is 3.58. The SMILES string of the molecule is CCCC(NC(=O)c1cnc(C)[nH]1)C(=O)O. The van der Waals surface area contributed by atoms with Crippen LogP contribution < -0.4 is 5.32 Å². The van der Waals surface area contributed by atoms with Crippen LogP contribution in [0.15, 0.2) is 6.20 Å². The lowest BCUT2D eigenvalue weighted by Crippen LogP contribution is -2.40. The molecule has 88 valence electrons. The molecule has 1 atom stereocenters. The highest BCUT2D eigenvalue weighted by Gasteiger charge is 2.20. The quantitative estimate of drug-likeness (QED) is 0.687. The average molecular weight is 225 g/mol. The zero-order chi connectivity index (χ0) is 12.1. The number of hydrogen-bond acceptors (Lipinski definition) is 3. The summed E-state index contributed by atoms with van der Waals surface area (Å²) in [7, 11) is 0. The number of carboxylic acids is 1. The first-order chi connectivity index (χ1) is 7.54. The Hall–Kier alpha value is -1.85. The fourth-order valence-electron chi connectivity index (χ4n) is 1.32. The molecule has 0 aliphatic carbocycles. The molecule has 0 fully saturated rings. The number of rotatable bonds is 5. The van der Waals surface area contributed by atoms with Crippen molar-refractivity contribution in [2.75, 3.05) is 0 Å². The molecule has 3 N–H and O–H groups in total. The first-order valence-corrected chi connectivity index (χ1v) is 5.10. The molecule has 1 aromatic heterocycles. The van der Waals surface area contributed by atoms with E-state index in [1.807, 2.05) is 6.92 Å². The molecule has 0 radical (unpaired) electrons. The lowest BCUT2D eigenvalue weighted by Gasteiger charge is -2.12. The van der Waals surface area contributed by atoms with Gasteiger partial charge in [0.15, 0.2) is 0 Å². The van der Waals surface area contributed by atoms with Gasteiger partial charge in [0.05, 0.1) is 6.20 Å². The number of aryl methyl sites for hydroxylation is 1. The van der Waals surface area contributed by atoms with E-state index in [0.29, 0.717) is 18.7 Å². The molecule has 0 bridgehead atoms. The largest absolute Gasteiger partial charge is 0.480 e. The third-order valence-electron chi connectivity index (χ3n) is 2.13. The number of amides is 1. The van der Waals surface area contributed by atoms with E-state index >= 15 is 0 Å². The van der Waals surface area contributed by atoms with E-state index in [1.54, 1.807) is 6.92 Å². The summed E-state index contributed by atoms with van der Waals surface area (Å²) in [5.74, 6) is -0.847. The summed E-state index contributed by atoms with van der Waals surface area (Å²) in [4.78, 5) is 29.0. The van der Waals surface area contributed by atoms with E-state index in [2.05, 4.69) is 15.3 Å². The molecule has 1 heterocycles. The smallest absolute Gasteiger partial charge is 0.326 e. The minimum Gasteiger partial charge on any atom is -0.480 e. The number of aliphatic carboxylic acids is 1. The van der Waals surface area contributed by atoms with Gasteiger partial charge in [-0.2, -0.15) is 0 Å². The molecule has 1 rings (SSSR count). The van der Waals surface area contributed by atoms with Gasteiger partial charge in [0.1, 0.15) is 17.6 Å². The Morgan fingerprint density at radius 1 is 1.62 bits per heavy atom.